The van der Waals surface area contributed by atoms with Crippen LogP contribution in [-0.2, 0) is 4.79 Å². The summed E-state index contributed by atoms with van der Waals surface area (Å²) >= 11 is 0. The van der Waals surface area contributed by atoms with Crippen molar-refractivity contribution in [2.75, 3.05) is 19.9 Å². The van der Waals surface area contributed by atoms with E-state index in [4.69, 9.17) is 10.00 Å². The van der Waals surface area contributed by atoms with Gasteiger partial charge in [0.25, 0.3) is 11.6 Å². The number of amides is 1. The molecular formula is C15H13F2N3O4. The van der Waals surface area contributed by atoms with E-state index < -0.39 is 29.8 Å². The molecular weight excluding hydrogens is 324 g/mol. The average molecular weight is 337 g/mol. The Labute approximate surface area is 135 Å². The first-order valence-corrected chi connectivity index (χ1v) is 6.94. The van der Waals surface area contributed by atoms with Gasteiger partial charge in [-0.25, -0.2) is 8.78 Å². The fraction of sp³-hybridized carbons (Fsp3) is 0.333. The second kappa shape index (κ2) is 7.04. The molecule has 0 aliphatic carbocycles. The molecule has 2 rings (SSSR count). The van der Waals surface area contributed by atoms with Gasteiger partial charge in [-0.1, -0.05) is 0 Å². The Kier molecular flexibility index (Phi) is 5.08. The number of carbonyl (C=O) groups excluding carboxylic acids is 1. The molecule has 0 spiro atoms. The van der Waals surface area contributed by atoms with Crippen molar-refractivity contribution in [1.82, 2.24) is 5.32 Å². The van der Waals surface area contributed by atoms with Crippen LogP contribution in [0.1, 0.15) is 12.0 Å². The lowest BCUT2D eigenvalue weighted by molar-refractivity contribution is -0.384. The number of non-ortho nitro benzene ring substituents is 1. The van der Waals surface area contributed by atoms with Crippen molar-refractivity contribution < 1.29 is 23.2 Å². The number of nitro benzene ring substituents is 1. The zero-order valence-corrected chi connectivity index (χ0v) is 12.4. The highest BCUT2D eigenvalue weighted by molar-refractivity contribution is 6.21. The molecule has 1 heterocycles. The zero-order valence-electron chi connectivity index (χ0n) is 12.4. The molecule has 0 saturated heterocycles. The maximum Gasteiger partial charge on any atom is 0.270 e. The van der Waals surface area contributed by atoms with Crippen molar-refractivity contribution in [2.45, 2.75) is 12.0 Å². The zero-order chi connectivity index (χ0) is 17.7. The number of rotatable bonds is 6. The standard InChI is InChI=1S/C15H13F2N3O4/c16-8-15(9-17)7-12(14(21)19-5-1-4-18)11-6-10(20(22)23)2-3-13(11)24-15/h2-3,6-7H,1,5,8-9H2,(H,19,21). The van der Waals surface area contributed by atoms with Crippen LogP contribution in [-0.4, -0.2) is 36.3 Å². The molecule has 1 aliphatic rings. The predicted octanol–water partition coefficient (Wildman–Crippen LogP) is 2.08. The van der Waals surface area contributed by atoms with E-state index >= 15 is 0 Å². The molecule has 1 aliphatic heterocycles. The van der Waals surface area contributed by atoms with Gasteiger partial charge in [-0.3, -0.25) is 14.9 Å². The summed E-state index contributed by atoms with van der Waals surface area (Å²) in [6.07, 6.45) is 1.04. The number of carbonyl (C=O) groups is 1. The van der Waals surface area contributed by atoms with Gasteiger partial charge in [0, 0.05) is 24.2 Å². The van der Waals surface area contributed by atoms with Crippen molar-refractivity contribution in [1.29, 1.82) is 5.26 Å². The van der Waals surface area contributed by atoms with Crippen LogP contribution in [0.15, 0.2) is 24.3 Å². The molecule has 1 N–H and O–H groups in total. The van der Waals surface area contributed by atoms with Crippen molar-refractivity contribution >= 4 is 17.2 Å². The lowest BCUT2D eigenvalue weighted by Gasteiger charge is -2.32. The Morgan fingerprint density at radius 2 is 2.12 bits per heavy atom. The molecule has 9 heteroatoms. The highest BCUT2D eigenvalue weighted by atomic mass is 19.1. The Hall–Kier alpha value is -3.02. The topological polar surface area (TPSA) is 105 Å². The smallest absolute Gasteiger partial charge is 0.270 e. The number of alkyl halides is 2. The number of ether oxygens (including phenoxy) is 1. The summed E-state index contributed by atoms with van der Waals surface area (Å²) < 4.78 is 31.9. The van der Waals surface area contributed by atoms with Gasteiger partial charge in [0.2, 0.25) is 0 Å². The van der Waals surface area contributed by atoms with Crippen molar-refractivity contribution in [2.24, 2.45) is 0 Å². The SMILES string of the molecule is N#CCCNC(=O)C1=CC(CF)(CF)Oc2ccc([N+](=O)[O-])cc21. The minimum Gasteiger partial charge on any atom is -0.477 e. The van der Waals surface area contributed by atoms with Crippen LogP contribution in [0, 0.1) is 21.4 Å². The number of nitriles is 1. The van der Waals surface area contributed by atoms with Crippen LogP contribution in [0.5, 0.6) is 5.75 Å². The van der Waals surface area contributed by atoms with E-state index in [-0.39, 0.29) is 35.5 Å². The summed E-state index contributed by atoms with van der Waals surface area (Å²) in [5.74, 6) is -0.717. The van der Waals surface area contributed by atoms with Crippen LogP contribution in [0.25, 0.3) is 5.57 Å². The summed E-state index contributed by atoms with van der Waals surface area (Å²) in [7, 11) is 0. The van der Waals surface area contributed by atoms with E-state index in [9.17, 15) is 23.7 Å². The van der Waals surface area contributed by atoms with Crippen LogP contribution >= 0.6 is 0 Å². The number of benzene rings is 1. The molecule has 1 amide bonds. The molecule has 24 heavy (non-hydrogen) atoms. The Morgan fingerprint density at radius 1 is 1.42 bits per heavy atom. The number of nitro groups is 1. The van der Waals surface area contributed by atoms with Gasteiger partial charge in [-0.15, -0.1) is 0 Å². The summed E-state index contributed by atoms with van der Waals surface area (Å²) in [5, 5.41) is 21.8. The summed E-state index contributed by atoms with van der Waals surface area (Å²) in [6.45, 7) is -2.39. The van der Waals surface area contributed by atoms with Gasteiger partial charge in [0.15, 0.2) is 5.60 Å². The minimum atomic E-state index is -1.95. The fourth-order valence-electron chi connectivity index (χ4n) is 2.20. The summed E-state index contributed by atoms with van der Waals surface area (Å²) in [6, 6.07) is 5.26. The summed E-state index contributed by atoms with van der Waals surface area (Å²) in [4.78, 5) is 22.5. The number of hydrogen-bond donors (Lipinski definition) is 1. The molecule has 126 valence electrons. The van der Waals surface area contributed by atoms with Gasteiger partial charge < -0.3 is 10.1 Å². The second-order valence-corrected chi connectivity index (χ2v) is 5.09. The summed E-state index contributed by atoms with van der Waals surface area (Å²) in [5.41, 5.74) is -2.31. The fourth-order valence-corrected chi connectivity index (χ4v) is 2.20. The minimum absolute atomic E-state index is 0.0242. The van der Waals surface area contributed by atoms with Crippen LogP contribution in [0.2, 0.25) is 0 Å². The van der Waals surface area contributed by atoms with E-state index in [1.165, 1.54) is 6.07 Å². The van der Waals surface area contributed by atoms with E-state index in [1.54, 1.807) is 0 Å². The Balaban J connectivity index is 2.48. The van der Waals surface area contributed by atoms with E-state index in [0.29, 0.717) is 0 Å². The average Bonchev–Trinajstić information content (AvgIpc) is 2.60. The van der Waals surface area contributed by atoms with E-state index in [1.807, 2.05) is 6.07 Å². The molecule has 0 unspecified atom stereocenters. The molecule has 1 aromatic rings. The van der Waals surface area contributed by atoms with Gasteiger partial charge in [-0.05, 0) is 12.1 Å². The third-order valence-electron chi connectivity index (χ3n) is 3.40. The van der Waals surface area contributed by atoms with Gasteiger partial charge in [0.05, 0.1) is 23.0 Å². The first kappa shape index (κ1) is 17.3. The van der Waals surface area contributed by atoms with Crippen LogP contribution < -0.4 is 10.1 Å². The van der Waals surface area contributed by atoms with Gasteiger partial charge in [0.1, 0.15) is 19.1 Å². The van der Waals surface area contributed by atoms with Crippen LogP contribution in [0.4, 0.5) is 14.5 Å². The molecule has 0 aromatic heterocycles. The van der Waals surface area contributed by atoms with Crippen molar-refractivity contribution in [3.63, 3.8) is 0 Å². The monoisotopic (exact) mass is 337 g/mol. The van der Waals surface area contributed by atoms with Crippen LogP contribution in [0.3, 0.4) is 0 Å². The third-order valence-corrected chi connectivity index (χ3v) is 3.40. The second-order valence-electron chi connectivity index (χ2n) is 5.09. The van der Waals surface area contributed by atoms with E-state index in [2.05, 4.69) is 5.32 Å². The number of halogens is 2. The third kappa shape index (κ3) is 3.32. The highest BCUT2D eigenvalue weighted by Crippen LogP contribution is 2.38. The van der Waals surface area contributed by atoms with Gasteiger partial charge in [-0.2, -0.15) is 5.26 Å². The predicted molar refractivity (Wildman–Crippen MR) is 79.6 cm³/mol. The molecule has 1 aromatic carbocycles. The number of nitrogens with one attached hydrogen (secondary N) is 1. The van der Waals surface area contributed by atoms with E-state index in [0.717, 1.165) is 18.2 Å². The first-order chi connectivity index (χ1) is 11.5. The van der Waals surface area contributed by atoms with Gasteiger partial charge >= 0.3 is 0 Å². The van der Waals surface area contributed by atoms with Crippen molar-refractivity contribution in [3.8, 4) is 11.8 Å². The maximum absolute atomic E-state index is 13.3. The maximum atomic E-state index is 13.3. The first-order valence-electron chi connectivity index (χ1n) is 6.94. The lowest BCUT2D eigenvalue weighted by Crippen LogP contribution is -2.42. The normalized spacial score (nSPS) is 14.6. The number of nitrogens with zero attached hydrogens (tertiary/aromatic N) is 2. The Morgan fingerprint density at radius 3 is 2.71 bits per heavy atom. The Bertz CT molecular complexity index is 739. The largest absolute Gasteiger partial charge is 0.477 e. The molecule has 0 radical (unpaired) electrons. The molecule has 0 fully saturated rings. The molecule has 0 atom stereocenters. The lowest BCUT2D eigenvalue weighted by atomic mass is 9.93. The van der Waals surface area contributed by atoms with Crippen molar-refractivity contribution in [3.05, 3.63) is 40.0 Å². The molecule has 0 saturated carbocycles. The number of fused-ring (bicyclic) bond motifs is 1. The molecule has 0 bridgehead atoms. The number of hydrogen-bond acceptors (Lipinski definition) is 5. The molecule has 7 nitrogen and oxygen atoms in total. The quantitative estimate of drug-likeness (QED) is 0.486. The highest BCUT2D eigenvalue weighted by Gasteiger charge is 2.38.